The van der Waals surface area contributed by atoms with Crippen molar-refractivity contribution < 1.29 is 35.1 Å². The van der Waals surface area contributed by atoms with Crippen molar-refractivity contribution >= 4 is 48.5 Å². The zero-order valence-corrected chi connectivity index (χ0v) is 26.9. The molecule has 2 aliphatic rings. The molecule has 0 bridgehead atoms. The minimum atomic E-state index is -4.91. The van der Waals surface area contributed by atoms with Crippen molar-refractivity contribution in [2.45, 2.75) is 45.0 Å². The van der Waals surface area contributed by atoms with E-state index in [4.69, 9.17) is 12.2 Å². The first-order valence-electron chi connectivity index (χ1n) is 13.9. The monoisotopic (exact) mass is 672 g/mol. The fourth-order valence-corrected chi connectivity index (χ4v) is 9.08. The third kappa shape index (κ3) is 7.17. The first-order chi connectivity index (χ1) is 20.4. The molecule has 1 N–H and O–H groups in total. The molecule has 240 valence electrons. The Bertz CT molecular complexity index is 1630. The smallest absolute Gasteiger partial charge is 0.376 e. The molecule has 1 aliphatic carbocycles. The van der Waals surface area contributed by atoms with Gasteiger partial charge < -0.3 is 10.0 Å². The summed E-state index contributed by atoms with van der Waals surface area (Å²) < 4.78 is 97.7. The van der Waals surface area contributed by atoms with E-state index >= 15 is 0 Å². The van der Waals surface area contributed by atoms with E-state index in [0.717, 1.165) is 12.1 Å². The largest absolute Gasteiger partial charge is 0.421 e. The van der Waals surface area contributed by atoms with Crippen LogP contribution in [0.4, 0.5) is 24.5 Å². The predicted molar refractivity (Wildman–Crippen MR) is 168 cm³/mol. The number of nitrogens with zero attached hydrogens (tertiary/aromatic N) is 4. The number of benzene rings is 1. The number of aliphatic hydroxyl groups is 1. The molecule has 1 aliphatic heterocycles. The van der Waals surface area contributed by atoms with Gasteiger partial charge in [0.1, 0.15) is 0 Å². The normalized spacial score (nSPS) is 20.0. The number of rotatable bonds is 10. The van der Waals surface area contributed by atoms with E-state index in [2.05, 4.69) is 4.98 Å². The number of allylic oxidation sites excluding steroid dienone is 4. The van der Waals surface area contributed by atoms with E-state index in [1.165, 1.54) is 39.2 Å². The van der Waals surface area contributed by atoms with Crippen molar-refractivity contribution in [2.24, 2.45) is 5.92 Å². The van der Waals surface area contributed by atoms with Gasteiger partial charge in [-0.1, -0.05) is 50.4 Å². The van der Waals surface area contributed by atoms with E-state index < -0.39 is 37.9 Å². The Hall–Kier alpha value is -2.85. The molecule has 1 fully saturated rings. The van der Waals surface area contributed by atoms with Gasteiger partial charge in [-0.3, -0.25) is 9.29 Å². The van der Waals surface area contributed by atoms with Gasteiger partial charge >= 0.3 is 6.18 Å². The molecule has 2 atom stereocenters. The molecule has 2 heterocycles. The van der Waals surface area contributed by atoms with E-state index in [1.54, 1.807) is 43.0 Å². The summed E-state index contributed by atoms with van der Waals surface area (Å²) in [5.74, 6) is -0.384. The average Bonchev–Trinajstić information content (AvgIpc) is 2.95. The number of piperazine rings is 1. The summed E-state index contributed by atoms with van der Waals surface area (Å²) in [6, 6.07) is 7.57. The van der Waals surface area contributed by atoms with Gasteiger partial charge in [-0.25, -0.2) is 16.8 Å². The summed E-state index contributed by atoms with van der Waals surface area (Å²) in [7, 11) is -7.94. The molecule has 0 saturated carbocycles. The maximum Gasteiger partial charge on any atom is 0.421 e. The van der Waals surface area contributed by atoms with Gasteiger partial charge in [-0.2, -0.15) is 17.5 Å². The van der Waals surface area contributed by atoms with Gasteiger partial charge in [0.15, 0.2) is 5.60 Å². The second-order valence-corrected chi connectivity index (χ2v) is 15.7. The highest BCUT2D eigenvalue weighted by Gasteiger charge is 2.51. The minimum absolute atomic E-state index is 0.0116. The van der Waals surface area contributed by atoms with Crippen LogP contribution < -0.4 is 9.21 Å². The first kappa shape index (κ1) is 34.0. The lowest BCUT2D eigenvalue weighted by atomic mass is 9.95. The van der Waals surface area contributed by atoms with E-state index in [9.17, 15) is 35.1 Å². The molecule has 44 heavy (non-hydrogen) atoms. The van der Waals surface area contributed by atoms with Crippen LogP contribution in [0, 0.1) is 5.92 Å². The Morgan fingerprint density at radius 3 is 2.36 bits per heavy atom. The Labute approximate surface area is 261 Å². The number of halogens is 3. The SMILES string of the molecule is CC(C)CS(=O)(=O)N(C[C@H]1CN(S(=O)(=O)C2=CC=CCC2=S)CCN1c1ccc([C@@](C)(O)C(F)(F)F)cc1)c1cccnc1. The van der Waals surface area contributed by atoms with E-state index in [1.807, 2.05) is 0 Å². The standard InChI is InChI=1S/C29H35F3N4O5S3/c1-21(2)20-43(38,39)36(24-7-6-14-33-17-24)19-25-18-34(44(40,41)27-9-5-4-8-26(27)42)15-16-35(25)23-12-10-22(11-13-23)28(3,37)29(30,31)32/h4-7,9-14,17,21,25,37H,8,15-16,18-20H2,1-3H3/t25-,28-/m1/s1. The summed E-state index contributed by atoms with van der Waals surface area (Å²) in [5.41, 5.74) is -2.71. The Morgan fingerprint density at radius 1 is 1.11 bits per heavy atom. The number of sulfonamides is 2. The molecular formula is C29H35F3N4O5S3. The molecule has 1 aromatic carbocycles. The number of anilines is 2. The summed E-state index contributed by atoms with van der Waals surface area (Å²) in [6.07, 6.45) is 3.14. The lowest BCUT2D eigenvalue weighted by Crippen LogP contribution is -2.59. The van der Waals surface area contributed by atoms with Gasteiger partial charge in [-0.05, 0) is 48.7 Å². The predicted octanol–water partition coefficient (Wildman–Crippen LogP) is 4.38. The summed E-state index contributed by atoms with van der Waals surface area (Å²) in [4.78, 5) is 6.14. The number of pyridine rings is 1. The average molecular weight is 673 g/mol. The molecule has 9 nitrogen and oxygen atoms in total. The van der Waals surface area contributed by atoms with Crippen molar-refractivity contribution in [2.75, 3.05) is 41.1 Å². The van der Waals surface area contributed by atoms with Gasteiger partial charge in [0.05, 0.1) is 35.1 Å². The Morgan fingerprint density at radius 2 is 1.80 bits per heavy atom. The molecule has 0 unspecified atom stereocenters. The molecule has 0 radical (unpaired) electrons. The van der Waals surface area contributed by atoms with Crippen LogP contribution in [0.3, 0.4) is 0 Å². The highest BCUT2D eigenvalue weighted by Crippen LogP contribution is 2.39. The molecule has 0 amide bonds. The van der Waals surface area contributed by atoms with Gasteiger partial charge in [0.2, 0.25) is 20.0 Å². The fourth-order valence-electron chi connectivity index (χ4n) is 5.16. The minimum Gasteiger partial charge on any atom is -0.376 e. The highest BCUT2D eigenvalue weighted by molar-refractivity contribution is 7.96. The van der Waals surface area contributed by atoms with E-state index in [-0.39, 0.29) is 53.2 Å². The molecule has 4 rings (SSSR count). The van der Waals surface area contributed by atoms with Gasteiger partial charge in [0.25, 0.3) is 0 Å². The van der Waals surface area contributed by atoms with Crippen LogP contribution in [-0.2, 0) is 25.6 Å². The number of aromatic nitrogens is 1. The Kier molecular flexibility index (Phi) is 9.95. The van der Waals surface area contributed by atoms with E-state index in [0.29, 0.717) is 24.7 Å². The van der Waals surface area contributed by atoms with Crippen LogP contribution in [0.15, 0.2) is 71.9 Å². The number of hydrogen-bond donors (Lipinski definition) is 1. The van der Waals surface area contributed by atoms with Crippen molar-refractivity contribution in [1.29, 1.82) is 0 Å². The third-order valence-corrected chi connectivity index (χ3v) is 12.1. The molecule has 1 aromatic heterocycles. The van der Waals surface area contributed by atoms with Crippen molar-refractivity contribution in [3.05, 3.63) is 77.5 Å². The third-order valence-electron chi connectivity index (χ3n) is 7.53. The van der Waals surface area contributed by atoms with Crippen LogP contribution in [0.25, 0.3) is 0 Å². The maximum absolute atomic E-state index is 13.7. The lowest BCUT2D eigenvalue weighted by Gasteiger charge is -2.44. The summed E-state index contributed by atoms with van der Waals surface area (Å²) in [5, 5.41) is 10.1. The lowest BCUT2D eigenvalue weighted by molar-refractivity contribution is -0.258. The van der Waals surface area contributed by atoms with Crippen LogP contribution in [0.2, 0.25) is 0 Å². The topological polar surface area (TPSA) is 111 Å². The second kappa shape index (κ2) is 12.9. The highest BCUT2D eigenvalue weighted by atomic mass is 32.2. The zero-order valence-electron chi connectivity index (χ0n) is 24.5. The first-order valence-corrected chi connectivity index (χ1v) is 17.4. The summed E-state index contributed by atoms with van der Waals surface area (Å²) >= 11 is 5.33. The quantitative estimate of drug-likeness (QED) is 0.371. The fraction of sp³-hybridized carbons (Fsp3) is 0.448. The number of alkyl halides is 3. The molecule has 2 aromatic rings. The van der Waals surface area contributed by atoms with Gasteiger partial charge in [0, 0.05) is 42.8 Å². The van der Waals surface area contributed by atoms with Crippen molar-refractivity contribution in [1.82, 2.24) is 9.29 Å². The van der Waals surface area contributed by atoms with Crippen molar-refractivity contribution in [3.63, 3.8) is 0 Å². The molecular weight excluding hydrogens is 638 g/mol. The number of thiocarbonyl (C=S) groups is 1. The molecule has 0 spiro atoms. The van der Waals surface area contributed by atoms with Gasteiger partial charge in [-0.15, -0.1) is 0 Å². The summed E-state index contributed by atoms with van der Waals surface area (Å²) in [6.45, 7) is 4.05. The van der Waals surface area contributed by atoms with Crippen LogP contribution in [0.1, 0.15) is 32.8 Å². The Balaban J connectivity index is 1.75. The number of hydrogen-bond acceptors (Lipinski definition) is 8. The van der Waals surface area contributed by atoms with Crippen LogP contribution in [0.5, 0.6) is 0 Å². The van der Waals surface area contributed by atoms with Crippen LogP contribution in [-0.4, -0.2) is 80.2 Å². The molecule has 15 heteroatoms. The van der Waals surface area contributed by atoms with Crippen LogP contribution >= 0.6 is 12.2 Å². The molecule has 1 saturated heterocycles. The second-order valence-electron chi connectivity index (χ2n) is 11.3. The zero-order chi connectivity index (χ0) is 32.5. The van der Waals surface area contributed by atoms with Crippen molar-refractivity contribution in [3.8, 4) is 0 Å². The maximum atomic E-state index is 13.7.